The molecule has 4 aromatic rings. The monoisotopic (exact) mass is 826 g/mol. The standard InChI is InChI=1S/C35H39F4IN6O5/c1-18(2)26-28(25(11-13-41-26)50-14-12-40)46-31-22(15-24(36)27(42-31)21-9-8-10-23(29(21)47)35(37,38)39)30(43-32(46)48)44-16-20(4)45(17-19(44)3)33(49)51-34(5,6)7/h8-11,13,15,18-20,47H,12,14,16-17H2,1-7H3/t19-,20+/m0/s1. The molecule has 0 saturated carbocycles. The minimum Gasteiger partial charge on any atom is -0.507 e. The number of ether oxygens (including phenoxy) is 2. The van der Waals surface area contributed by atoms with Gasteiger partial charge in [-0.15, -0.1) is 0 Å². The van der Waals surface area contributed by atoms with Crippen LogP contribution in [-0.4, -0.2) is 77.4 Å². The number of halogens is 5. The third kappa shape index (κ3) is 7.70. The Kier molecular flexibility index (Phi) is 10.8. The number of phenols is 1. The first-order chi connectivity index (χ1) is 23.8. The fourth-order valence-corrected chi connectivity index (χ4v) is 6.26. The summed E-state index contributed by atoms with van der Waals surface area (Å²) in [5.74, 6) is -2.19. The molecule has 0 radical (unpaired) electrons. The van der Waals surface area contributed by atoms with Crippen molar-refractivity contribution < 1.29 is 36.9 Å². The Hall–Kier alpha value is -4.22. The number of alkyl halides is 4. The van der Waals surface area contributed by atoms with E-state index in [1.807, 2.05) is 20.8 Å². The Labute approximate surface area is 305 Å². The van der Waals surface area contributed by atoms with E-state index < -0.39 is 64.0 Å². The highest BCUT2D eigenvalue weighted by Crippen LogP contribution is 2.42. The van der Waals surface area contributed by atoms with Gasteiger partial charge in [0.2, 0.25) is 0 Å². The highest BCUT2D eigenvalue weighted by Gasteiger charge is 2.38. The molecule has 1 saturated heterocycles. The fraction of sp³-hybridized carbons (Fsp3) is 0.457. The number of hydrogen-bond donors (Lipinski definition) is 1. The Morgan fingerprint density at radius 3 is 2.43 bits per heavy atom. The van der Waals surface area contributed by atoms with Gasteiger partial charge in [0.25, 0.3) is 0 Å². The number of piperazine rings is 1. The van der Waals surface area contributed by atoms with Crippen LogP contribution in [0.5, 0.6) is 11.5 Å². The van der Waals surface area contributed by atoms with Crippen molar-refractivity contribution in [3.8, 4) is 28.4 Å². The van der Waals surface area contributed by atoms with Crippen LogP contribution in [-0.2, 0) is 10.9 Å². The lowest BCUT2D eigenvalue weighted by Gasteiger charge is -2.44. The molecular weight excluding hydrogens is 787 g/mol. The molecule has 1 amide bonds. The summed E-state index contributed by atoms with van der Waals surface area (Å²) >= 11 is 2.14. The number of benzene rings is 1. The van der Waals surface area contributed by atoms with Crippen LogP contribution in [0.3, 0.4) is 0 Å². The summed E-state index contributed by atoms with van der Waals surface area (Å²) in [6.07, 6.45) is -3.92. The Morgan fingerprint density at radius 1 is 1.10 bits per heavy atom. The van der Waals surface area contributed by atoms with E-state index in [9.17, 15) is 27.9 Å². The van der Waals surface area contributed by atoms with Gasteiger partial charge < -0.3 is 24.4 Å². The molecule has 11 nitrogen and oxygen atoms in total. The number of phenolic OH excluding ortho intramolecular Hbond substituents is 1. The molecule has 16 heteroatoms. The largest absolute Gasteiger partial charge is 0.507 e. The second-order valence-corrected chi connectivity index (χ2v) is 14.7. The summed E-state index contributed by atoms with van der Waals surface area (Å²) in [6, 6.07) is 4.58. The van der Waals surface area contributed by atoms with E-state index in [-0.39, 0.29) is 53.9 Å². The number of carbonyl (C=O) groups is 1. The predicted octanol–water partition coefficient (Wildman–Crippen LogP) is 7.48. The SMILES string of the molecule is CC(C)c1nccc(OCCI)c1-n1c(=O)nc(N2C[C@@H](C)N(C(=O)OC(C)(C)C)C[C@@H]2C)c2cc(F)c(-c3cccc(C(F)(F)F)c3O)nc21. The van der Waals surface area contributed by atoms with Crippen LogP contribution in [0.1, 0.15) is 65.6 Å². The number of aromatic nitrogens is 4. The van der Waals surface area contributed by atoms with Gasteiger partial charge in [0.15, 0.2) is 11.5 Å². The summed E-state index contributed by atoms with van der Waals surface area (Å²) in [4.78, 5) is 44.2. The molecular formula is C35H39F4IN6O5. The van der Waals surface area contributed by atoms with Crippen molar-refractivity contribution in [1.29, 1.82) is 0 Å². The van der Waals surface area contributed by atoms with Gasteiger partial charge in [-0.05, 0) is 58.7 Å². The molecule has 0 spiro atoms. The number of hydrogen-bond acceptors (Lipinski definition) is 9. The van der Waals surface area contributed by atoms with E-state index in [4.69, 9.17) is 9.47 Å². The molecule has 3 aromatic heterocycles. The number of aromatic hydroxyl groups is 1. The second-order valence-electron chi connectivity index (χ2n) is 13.7. The number of anilines is 1. The van der Waals surface area contributed by atoms with Crippen molar-refractivity contribution in [2.45, 2.75) is 78.2 Å². The topological polar surface area (TPSA) is 123 Å². The molecule has 2 atom stereocenters. The van der Waals surface area contributed by atoms with E-state index in [1.54, 1.807) is 43.6 Å². The number of amides is 1. The Morgan fingerprint density at radius 2 is 1.80 bits per heavy atom. The van der Waals surface area contributed by atoms with E-state index in [1.165, 1.54) is 6.20 Å². The van der Waals surface area contributed by atoms with E-state index in [0.29, 0.717) is 16.2 Å². The fourth-order valence-electron chi connectivity index (χ4n) is 6.04. The molecule has 5 rings (SSSR count). The number of carbonyl (C=O) groups excluding carboxylic acids is 1. The molecule has 1 aliphatic heterocycles. The summed E-state index contributed by atoms with van der Waals surface area (Å²) in [5.41, 5.74) is -3.59. The molecule has 0 bridgehead atoms. The van der Waals surface area contributed by atoms with Crippen LogP contribution >= 0.6 is 22.6 Å². The van der Waals surface area contributed by atoms with Crippen LogP contribution in [0.2, 0.25) is 0 Å². The van der Waals surface area contributed by atoms with E-state index in [0.717, 1.165) is 22.8 Å². The quantitative estimate of drug-likeness (QED) is 0.115. The van der Waals surface area contributed by atoms with Gasteiger partial charge in [0.05, 0.1) is 23.3 Å². The van der Waals surface area contributed by atoms with Gasteiger partial charge >= 0.3 is 18.0 Å². The summed E-state index contributed by atoms with van der Waals surface area (Å²) in [5, 5.41) is 10.8. The van der Waals surface area contributed by atoms with Gasteiger partial charge in [-0.3, -0.25) is 4.98 Å². The molecule has 1 aromatic carbocycles. The van der Waals surface area contributed by atoms with Crippen LogP contribution in [0, 0.1) is 5.82 Å². The third-order valence-corrected chi connectivity index (χ3v) is 8.75. The van der Waals surface area contributed by atoms with Crippen molar-refractivity contribution in [1.82, 2.24) is 24.4 Å². The van der Waals surface area contributed by atoms with Crippen molar-refractivity contribution in [3.05, 3.63) is 64.1 Å². The first-order valence-electron chi connectivity index (χ1n) is 16.3. The molecule has 0 unspecified atom stereocenters. The van der Waals surface area contributed by atoms with Crippen LogP contribution in [0.15, 0.2) is 41.3 Å². The van der Waals surface area contributed by atoms with Crippen molar-refractivity contribution in [2.75, 3.05) is 29.0 Å². The van der Waals surface area contributed by atoms with Gasteiger partial charge in [-0.2, -0.15) is 18.2 Å². The lowest BCUT2D eigenvalue weighted by atomic mass is 10.0. The molecule has 1 fully saturated rings. The molecule has 51 heavy (non-hydrogen) atoms. The number of para-hydroxylation sites is 1. The maximum Gasteiger partial charge on any atom is 0.419 e. The molecule has 274 valence electrons. The number of nitrogens with zero attached hydrogens (tertiary/aromatic N) is 6. The Bertz CT molecular complexity index is 2020. The zero-order valence-corrected chi connectivity index (χ0v) is 31.3. The minimum atomic E-state index is -4.94. The van der Waals surface area contributed by atoms with Crippen LogP contribution in [0.4, 0.5) is 28.2 Å². The van der Waals surface area contributed by atoms with Gasteiger partial charge in [-0.25, -0.2) is 23.5 Å². The average molecular weight is 827 g/mol. The van der Waals surface area contributed by atoms with Gasteiger partial charge in [-0.1, -0.05) is 42.5 Å². The van der Waals surface area contributed by atoms with Crippen molar-refractivity contribution in [3.63, 3.8) is 0 Å². The predicted molar refractivity (Wildman–Crippen MR) is 193 cm³/mol. The zero-order valence-electron chi connectivity index (χ0n) is 29.2. The van der Waals surface area contributed by atoms with Crippen molar-refractivity contribution >= 4 is 45.5 Å². The highest BCUT2D eigenvalue weighted by atomic mass is 127. The summed E-state index contributed by atoms with van der Waals surface area (Å²) < 4.78 is 71.0. The molecule has 1 aliphatic rings. The lowest BCUT2D eigenvalue weighted by Crippen LogP contribution is -2.59. The zero-order chi connectivity index (χ0) is 37.6. The van der Waals surface area contributed by atoms with Crippen molar-refractivity contribution in [2.24, 2.45) is 0 Å². The number of pyridine rings is 2. The summed E-state index contributed by atoms with van der Waals surface area (Å²) in [6.45, 7) is 13.3. The number of rotatable bonds is 7. The van der Waals surface area contributed by atoms with Crippen LogP contribution in [0.25, 0.3) is 28.0 Å². The Balaban J connectivity index is 1.80. The number of fused-ring (bicyclic) bond motifs is 1. The van der Waals surface area contributed by atoms with E-state index in [2.05, 4.69) is 37.5 Å². The normalized spacial score (nSPS) is 17.0. The molecule has 4 heterocycles. The first-order valence-corrected chi connectivity index (χ1v) is 17.8. The summed E-state index contributed by atoms with van der Waals surface area (Å²) in [7, 11) is 0. The lowest BCUT2D eigenvalue weighted by molar-refractivity contribution is -0.138. The average Bonchev–Trinajstić information content (AvgIpc) is 3.03. The minimum absolute atomic E-state index is 0.0605. The third-order valence-electron chi connectivity index (χ3n) is 8.30. The van der Waals surface area contributed by atoms with Gasteiger partial charge in [0, 0.05) is 47.4 Å². The maximum atomic E-state index is 16.3. The van der Waals surface area contributed by atoms with Crippen LogP contribution < -0.4 is 15.3 Å². The highest BCUT2D eigenvalue weighted by molar-refractivity contribution is 14.1. The smallest absolute Gasteiger partial charge is 0.419 e. The van der Waals surface area contributed by atoms with E-state index >= 15 is 4.39 Å². The molecule has 1 N–H and O–H groups in total. The van der Waals surface area contributed by atoms with Gasteiger partial charge in [0.1, 0.15) is 34.3 Å². The maximum absolute atomic E-state index is 16.3. The second kappa shape index (κ2) is 14.4. The first kappa shape index (κ1) is 38.0. The molecule has 0 aliphatic carbocycles.